The fourth-order valence-corrected chi connectivity index (χ4v) is 2.70. The Bertz CT molecular complexity index is 362. The van der Waals surface area contributed by atoms with E-state index in [9.17, 15) is 0 Å². The van der Waals surface area contributed by atoms with Crippen LogP contribution in [0.5, 0.6) is 0 Å². The first-order valence-corrected chi connectivity index (χ1v) is 6.76. The second-order valence-electron chi connectivity index (χ2n) is 5.46. The SMILES string of the molecule is CC(NC(C)(CN)C1CCOC1)c1ccccc1. The molecule has 3 nitrogen and oxygen atoms in total. The first-order chi connectivity index (χ1) is 8.65. The molecule has 1 saturated heterocycles. The van der Waals surface area contributed by atoms with Crippen LogP contribution in [0.25, 0.3) is 0 Å². The first-order valence-electron chi connectivity index (χ1n) is 6.76. The maximum atomic E-state index is 6.00. The third-order valence-corrected chi connectivity index (χ3v) is 4.10. The van der Waals surface area contributed by atoms with E-state index in [1.54, 1.807) is 0 Å². The molecule has 3 unspecified atom stereocenters. The summed E-state index contributed by atoms with van der Waals surface area (Å²) < 4.78 is 5.50. The number of ether oxygens (including phenoxy) is 1. The highest BCUT2D eigenvalue weighted by Crippen LogP contribution is 2.28. The molecule has 3 N–H and O–H groups in total. The molecule has 0 saturated carbocycles. The molecule has 1 fully saturated rings. The van der Waals surface area contributed by atoms with Crippen LogP contribution in [0.15, 0.2) is 30.3 Å². The van der Waals surface area contributed by atoms with Crippen LogP contribution >= 0.6 is 0 Å². The molecule has 0 radical (unpaired) electrons. The zero-order valence-electron chi connectivity index (χ0n) is 11.4. The molecular formula is C15H24N2O. The van der Waals surface area contributed by atoms with E-state index in [1.165, 1.54) is 5.56 Å². The van der Waals surface area contributed by atoms with Crippen molar-refractivity contribution in [2.24, 2.45) is 11.7 Å². The van der Waals surface area contributed by atoms with E-state index < -0.39 is 0 Å². The molecule has 0 amide bonds. The summed E-state index contributed by atoms with van der Waals surface area (Å²) in [4.78, 5) is 0. The predicted molar refractivity (Wildman–Crippen MR) is 74.4 cm³/mol. The van der Waals surface area contributed by atoms with Gasteiger partial charge in [-0.25, -0.2) is 0 Å². The topological polar surface area (TPSA) is 47.3 Å². The molecule has 1 aliphatic rings. The molecule has 1 aromatic carbocycles. The second kappa shape index (κ2) is 5.83. The van der Waals surface area contributed by atoms with Gasteiger partial charge in [-0.1, -0.05) is 30.3 Å². The van der Waals surface area contributed by atoms with Gasteiger partial charge in [-0.2, -0.15) is 0 Å². The fourth-order valence-electron chi connectivity index (χ4n) is 2.70. The van der Waals surface area contributed by atoms with E-state index in [1.807, 2.05) is 6.07 Å². The smallest absolute Gasteiger partial charge is 0.0513 e. The fraction of sp³-hybridized carbons (Fsp3) is 0.600. The van der Waals surface area contributed by atoms with Gasteiger partial charge in [0.25, 0.3) is 0 Å². The van der Waals surface area contributed by atoms with E-state index in [-0.39, 0.29) is 5.54 Å². The number of hydrogen-bond acceptors (Lipinski definition) is 3. The Hall–Kier alpha value is -0.900. The third kappa shape index (κ3) is 2.91. The lowest BCUT2D eigenvalue weighted by Gasteiger charge is -2.37. The quantitative estimate of drug-likeness (QED) is 0.839. The summed E-state index contributed by atoms with van der Waals surface area (Å²) in [5.41, 5.74) is 7.25. The summed E-state index contributed by atoms with van der Waals surface area (Å²) in [5, 5.41) is 3.70. The van der Waals surface area contributed by atoms with Crippen LogP contribution in [0, 0.1) is 5.92 Å². The summed E-state index contributed by atoms with van der Waals surface area (Å²) in [6.45, 7) is 6.73. The summed E-state index contributed by atoms with van der Waals surface area (Å²) >= 11 is 0. The van der Waals surface area contributed by atoms with Crippen LogP contribution in [0.1, 0.15) is 31.9 Å². The van der Waals surface area contributed by atoms with E-state index in [0.29, 0.717) is 18.5 Å². The Balaban J connectivity index is 2.05. The largest absolute Gasteiger partial charge is 0.381 e. The van der Waals surface area contributed by atoms with Gasteiger partial charge in [0.05, 0.1) is 6.61 Å². The maximum absolute atomic E-state index is 6.00. The molecule has 1 aromatic rings. The Morgan fingerprint density at radius 3 is 2.72 bits per heavy atom. The van der Waals surface area contributed by atoms with Gasteiger partial charge in [-0.3, -0.25) is 0 Å². The van der Waals surface area contributed by atoms with Crippen molar-refractivity contribution in [2.45, 2.75) is 31.8 Å². The van der Waals surface area contributed by atoms with Crippen molar-refractivity contribution in [3.63, 3.8) is 0 Å². The van der Waals surface area contributed by atoms with Gasteiger partial charge in [0, 0.05) is 30.7 Å². The van der Waals surface area contributed by atoms with Crippen LogP contribution in [0.2, 0.25) is 0 Å². The Morgan fingerprint density at radius 1 is 1.44 bits per heavy atom. The zero-order valence-corrected chi connectivity index (χ0v) is 11.4. The minimum Gasteiger partial charge on any atom is -0.381 e. The number of rotatable bonds is 5. The standard InChI is InChI=1S/C15H24N2O/c1-12(13-6-4-3-5-7-13)17-15(2,11-16)14-8-9-18-10-14/h3-7,12,14,17H,8-11,16H2,1-2H3. The van der Waals surface area contributed by atoms with Crippen molar-refractivity contribution in [3.8, 4) is 0 Å². The first kappa shape index (κ1) is 13.5. The van der Waals surface area contributed by atoms with Crippen molar-refractivity contribution in [2.75, 3.05) is 19.8 Å². The van der Waals surface area contributed by atoms with Gasteiger partial charge in [-0.15, -0.1) is 0 Å². The van der Waals surface area contributed by atoms with E-state index in [0.717, 1.165) is 19.6 Å². The molecule has 0 aromatic heterocycles. The zero-order chi connectivity index (χ0) is 13.0. The summed E-state index contributed by atoms with van der Waals surface area (Å²) in [5.74, 6) is 0.508. The molecule has 0 spiro atoms. The van der Waals surface area contributed by atoms with Gasteiger partial charge in [0.15, 0.2) is 0 Å². The van der Waals surface area contributed by atoms with Crippen LogP contribution in [-0.2, 0) is 4.74 Å². The molecule has 0 aliphatic carbocycles. The lowest BCUT2D eigenvalue weighted by atomic mass is 9.84. The molecule has 1 heterocycles. The summed E-state index contributed by atoms with van der Waals surface area (Å²) in [6.07, 6.45) is 1.10. The van der Waals surface area contributed by atoms with Crippen LogP contribution in [0.3, 0.4) is 0 Å². The van der Waals surface area contributed by atoms with E-state index in [4.69, 9.17) is 10.5 Å². The average Bonchev–Trinajstić information content (AvgIpc) is 2.94. The Labute approximate surface area is 110 Å². The highest BCUT2D eigenvalue weighted by molar-refractivity contribution is 5.19. The highest BCUT2D eigenvalue weighted by atomic mass is 16.5. The van der Waals surface area contributed by atoms with Crippen LogP contribution < -0.4 is 11.1 Å². The van der Waals surface area contributed by atoms with Crippen molar-refractivity contribution in [3.05, 3.63) is 35.9 Å². The minimum absolute atomic E-state index is 0.0498. The van der Waals surface area contributed by atoms with Gasteiger partial charge in [-0.05, 0) is 25.8 Å². The van der Waals surface area contributed by atoms with Gasteiger partial charge in [0.1, 0.15) is 0 Å². The van der Waals surface area contributed by atoms with Crippen molar-refractivity contribution >= 4 is 0 Å². The average molecular weight is 248 g/mol. The van der Waals surface area contributed by atoms with E-state index >= 15 is 0 Å². The monoisotopic (exact) mass is 248 g/mol. The molecule has 3 heteroatoms. The predicted octanol–water partition coefficient (Wildman–Crippen LogP) is 2.09. The highest BCUT2D eigenvalue weighted by Gasteiger charge is 2.36. The third-order valence-electron chi connectivity index (χ3n) is 4.10. The lowest BCUT2D eigenvalue weighted by Crippen LogP contribution is -2.55. The number of nitrogens with two attached hydrogens (primary N) is 1. The van der Waals surface area contributed by atoms with Gasteiger partial charge >= 0.3 is 0 Å². The van der Waals surface area contributed by atoms with Crippen LogP contribution in [-0.4, -0.2) is 25.3 Å². The molecule has 1 aliphatic heterocycles. The molecule has 2 rings (SSSR count). The van der Waals surface area contributed by atoms with Gasteiger partial charge in [0.2, 0.25) is 0 Å². The summed E-state index contributed by atoms with van der Waals surface area (Å²) in [7, 11) is 0. The number of hydrogen-bond donors (Lipinski definition) is 2. The van der Waals surface area contributed by atoms with Crippen molar-refractivity contribution in [1.29, 1.82) is 0 Å². The second-order valence-corrected chi connectivity index (χ2v) is 5.46. The van der Waals surface area contributed by atoms with Gasteiger partial charge < -0.3 is 15.8 Å². The van der Waals surface area contributed by atoms with E-state index in [2.05, 4.69) is 43.4 Å². The van der Waals surface area contributed by atoms with Crippen LogP contribution in [0.4, 0.5) is 0 Å². The minimum atomic E-state index is -0.0498. The molecular weight excluding hydrogens is 224 g/mol. The molecule has 0 bridgehead atoms. The Kier molecular flexibility index (Phi) is 4.38. The normalized spacial score (nSPS) is 24.7. The lowest BCUT2D eigenvalue weighted by molar-refractivity contribution is 0.149. The Morgan fingerprint density at radius 2 is 2.17 bits per heavy atom. The van der Waals surface area contributed by atoms with Crippen molar-refractivity contribution < 1.29 is 4.74 Å². The number of nitrogens with one attached hydrogen (secondary N) is 1. The summed E-state index contributed by atoms with van der Waals surface area (Å²) in [6, 6.07) is 10.8. The maximum Gasteiger partial charge on any atom is 0.0513 e. The molecule has 100 valence electrons. The van der Waals surface area contributed by atoms with Crippen molar-refractivity contribution in [1.82, 2.24) is 5.32 Å². The molecule has 18 heavy (non-hydrogen) atoms. The number of benzene rings is 1. The molecule has 3 atom stereocenters.